The summed E-state index contributed by atoms with van der Waals surface area (Å²) >= 11 is 8.55. The molecule has 0 aliphatic rings. The van der Waals surface area contributed by atoms with Gasteiger partial charge in [0.15, 0.2) is 0 Å². The maximum Gasteiger partial charge on any atom is 0.132 e. The first-order valence-corrected chi connectivity index (χ1v) is 8.02. The van der Waals surface area contributed by atoms with Crippen LogP contribution in [0.1, 0.15) is 18.9 Å². The molecule has 0 heterocycles. The minimum Gasteiger partial charge on any atom is -0.457 e. The van der Waals surface area contributed by atoms with Crippen LogP contribution < -0.4 is 10.5 Å². The maximum atomic E-state index is 6.29. The highest BCUT2D eigenvalue weighted by Crippen LogP contribution is 2.32. The lowest BCUT2D eigenvalue weighted by molar-refractivity contribution is 0.472. The van der Waals surface area contributed by atoms with Crippen LogP contribution >= 0.6 is 34.2 Å². The van der Waals surface area contributed by atoms with Gasteiger partial charge in [-0.2, -0.15) is 0 Å². The van der Waals surface area contributed by atoms with Gasteiger partial charge in [-0.05, 0) is 65.8 Å². The predicted octanol–water partition coefficient (Wildman–Crippen LogP) is 5.02. The smallest absolute Gasteiger partial charge is 0.132 e. The highest BCUT2D eigenvalue weighted by molar-refractivity contribution is 14.1. The molecule has 0 radical (unpaired) electrons. The molecule has 2 nitrogen and oxygen atoms in total. The Morgan fingerprint density at radius 2 is 2.00 bits per heavy atom. The summed E-state index contributed by atoms with van der Waals surface area (Å²) in [6.07, 6.45) is 1.63. The topological polar surface area (TPSA) is 35.2 Å². The molecule has 2 aromatic carbocycles. The van der Waals surface area contributed by atoms with Gasteiger partial charge in [0.05, 0.1) is 0 Å². The highest BCUT2D eigenvalue weighted by atomic mass is 127. The van der Waals surface area contributed by atoms with E-state index in [2.05, 4.69) is 29.5 Å². The average molecular weight is 402 g/mol. The molecule has 0 aliphatic carbocycles. The molecular formula is C16H17ClINO. The first-order chi connectivity index (χ1) is 9.60. The van der Waals surface area contributed by atoms with Crippen LogP contribution in [-0.2, 0) is 6.42 Å². The Balaban J connectivity index is 2.29. The lowest BCUT2D eigenvalue weighted by Crippen LogP contribution is -2.21. The summed E-state index contributed by atoms with van der Waals surface area (Å²) in [4.78, 5) is 0. The molecule has 2 rings (SSSR count). The van der Waals surface area contributed by atoms with Crippen LogP contribution in [0.5, 0.6) is 11.5 Å². The van der Waals surface area contributed by atoms with Gasteiger partial charge < -0.3 is 10.5 Å². The maximum absolute atomic E-state index is 6.29. The van der Waals surface area contributed by atoms with E-state index in [0.717, 1.165) is 33.5 Å². The Hall–Kier alpha value is -0.780. The quantitative estimate of drug-likeness (QED) is 0.714. The van der Waals surface area contributed by atoms with Gasteiger partial charge in [-0.1, -0.05) is 30.7 Å². The van der Waals surface area contributed by atoms with Gasteiger partial charge in [-0.15, -0.1) is 0 Å². The minimum absolute atomic E-state index is 0.0909. The van der Waals surface area contributed by atoms with E-state index in [1.807, 2.05) is 42.5 Å². The molecule has 0 aliphatic heterocycles. The fraction of sp³-hybridized carbons (Fsp3) is 0.250. The van der Waals surface area contributed by atoms with E-state index in [1.54, 1.807) is 0 Å². The molecule has 1 atom stereocenters. The van der Waals surface area contributed by atoms with Crippen molar-refractivity contribution < 1.29 is 4.74 Å². The second-order valence-electron chi connectivity index (χ2n) is 4.65. The fourth-order valence-electron chi connectivity index (χ4n) is 1.90. The summed E-state index contributed by atoms with van der Waals surface area (Å²) in [5.74, 6) is 1.59. The molecule has 0 aromatic heterocycles. The first-order valence-electron chi connectivity index (χ1n) is 6.56. The zero-order valence-electron chi connectivity index (χ0n) is 11.3. The van der Waals surface area contributed by atoms with Gasteiger partial charge in [0.2, 0.25) is 0 Å². The van der Waals surface area contributed by atoms with Gasteiger partial charge >= 0.3 is 0 Å². The van der Waals surface area contributed by atoms with Crippen molar-refractivity contribution in [3.63, 3.8) is 0 Å². The summed E-state index contributed by atoms with van der Waals surface area (Å²) < 4.78 is 7.11. The van der Waals surface area contributed by atoms with Crippen LogP contribution in [0.2, 0.25) is 5.02 Å². The summed E-state index contributed by atoms with van der Waals surface area (Å²) in [6.45, 7) is 2.07. The van der Waals surface area contributed by atoms with Gasteiger partial charge in [0, 0.05) is 20.2 Å². The van der Waals surface area contributed by atoms with Crippen LogP contribution in [0.15, 0.2) is 42.5 Å². The van der Waals surface area contributed by atoms with Crippen LogP contribution in [0, 0.1) is 3.57 Å². The Morgan fingerprint density at radius 1 is 1.25 bits per heavy atom. The van der Waals surface area contributed by atoms with Gasteiger partial charge in [-0.3, -0.25) is 0 Å². The first kappa shape index (κ1) is 15.6. The number of ether oxygens (including phenoxy) is 1. The van der Waals surface area contributed by atoms with Gasteiger partial charge in [0.1, 0.15) is 11.5 Å². The van der Waals surface area contributed by atoms with E-state index in [0.29, 0.717) is 5.02 Å². The van der Waals surface area contributed by atoms with Crippen LogP contribution in [0.4, 0.5) is 0 Å². The van der Waals surface area contributed by atoms with Crippen molar-refractivity contribution in [2.24, 2.45) is 5.73 Å². The number of halogens is 2. The Kier molecular flexibility index (Phi) is 5.69. The summed E-state index contributed by atoms with van der Waals surface area (Å²) in [5.41, 5.74) is 7.02. The monoisotopic (exact) mass is 401 g/mol. The fourth-order valence-corrected chi connectivity index (χ4v) is 2.65. The van der Waals surface area contributed by atoms with Crippen molar-refractivity contribution in [2.75, 3.05) is 0 Å². The molecule has 20 heavy (non-hydrogen) atoms. The lowest BCUT2D eigenvalue weighted by Gasteiger charge is -2.15. The van der Waals surface area contributed by atoms with Gasteiger partial charge in [-0.25, -0.2) is 0 Å². The Bertz CT molecular complexity index is 588. The number of hydrogen-bond acceptors (Lipinski definition) is 2. The van der Waals surface area contributed by atoms with Crippen LogP contribution in [0.3, 0.4) is 0 Å². The molecule has 0 saturated carbocycles. The summed E-state index contributed by atoms with van der Waals surface area (Å²) in [5, 5.41) is 0.706. The Labute approximate surface area is 138 Å². The third kappa shape index (κ3) is 4.11. The molecular weight excluding hydrogens is 385 g/mol. The largest absolute Gasteiger partial charge is 0.457 e. The number of benzene rings is 2. The second-order valence-corrected chi connectivity index (χ2v) is 6.30. The van der Waals surface area contributed by atoms with Crippen molar-refractivity contribution in [1.29, 1.82) is 0 Å². The molecule has 2 N–H and O–H groups in total. The lowest BCUT2D eigenvalue weighted by atomic mass is 10.0. The van der Waals surface area contributed by atoms with Crippen LogP contribution in [-0.4, -0.2) is 6.04 Å². The van der Waals surface area contributed by atoms with E-state index in [4.69, 9.17) is 22.1 Å². The minimum atomic E-state index is 0.0909. The Morgan fingerprint density at radius 3 is 2.70 bits per heavy atom. The van der Waals surface area contributed by atoms with E-state index in [1.165, 1.54) is 0 Å². The molecule has 0 bridgehead atoms. The standard InChI is InChI=1S/C16H17ClINO/c1-2-12(19)10-14-15(17)7-4-8-16(14)20-13-6-3-5-11(18)9-13/h3-9,12H,2,10,19H2,1H3. The average Bonchev–Trinajstić information content (AvgIpc) is 2.42. The number of hydrogen-bond donors (Lipinski definition) is 1. The molecule has 2 aromatic rings. The van der Waals surface area contributed by atoms with Gasteiger partial charge in [0.25, 0.3) is 0 Å². The third-order valence-electron chi connectivity index (χ3n) is 3.09. The zero-order valence-corrected chi connectivity index (χ0v) is 14.2. The molecule has 0 amide bonds. The second kappa shape index (κ2) is 7.29. The van der Waals surface area contributed by atoms with Crippen molar-refractivity contribution >= 4 is 34.2 Å². The summed E-state index contributed by atoms with van der Waals surface area (Å²) in [6, 6.07) is 13.7. The van der Waals surface area contributed by atoms with E-state index >= 15 is 0 Å². The van der Waals surface area contributed by atoms with E-state index < -0.39 is 0 Å². The number of rotatable bonds is 5. The molecule has 4 heteroatoms. The molecule has 1 unspecified atom stereocenters. The van der Waals surface area contributed by atoms with Crippen molar-refractivity contribution in [3.05, 3.63) is 56.6 Å². The zero-order chi connectivity index (χ0) is 14.5. The SMILES string of the molecule is CCC(N)Cc1c(Cl)cccc1Oc1cccc(I)c1. The van der Waals surface area contributed by atoms with Crippen molar-refractivity contribution in [3.8, 4) is 11.5 Å². The third-order valence-corrected chi connectivity index (χ3v) is 4.12. The van der Waals surface area contributed by atoms with Crippen molar-refractivity contribution in [1.82, 2.24) is 0 Å². The number of nitrogens with two attached hydrogens (primary N) is 1. The summed E-state index contributed by atoms with van der Waals surface area (Å²) in [7, 11) is 0. The van der Waals surface area contributed by atoms with E-state index in [9.17, 15) is 0 Å². The predicted molar refractivity (Wildman–Crippen MR) is 92.7 cm³/mol. The van der Waals surface area contributed by atoms with Crippen molar-refractivity contribution in [2.45, 2.75) is 25.8 Å². The highest BCUT2D eigenvalue weighted by Gasteiger charge is 2.12. The normalized spacial score (nSPS) is 12.2. The molecule has 106 valence electrons. The molecule has 0 saturated heterocycles. The molecule has 0 fully saturated rings. The molecule has 0 spiro atoms. The van der Waals surface area contributed by atoms with Crippen LogP contribution in [0.25, 0.3) is 0 Å². The van der Waals surface area contributed by atoms with E-state index in [-0.39, 0.29) is 6.04 Å².